The van der Waals surface area contributed by atoms with Crippen molar-refractivity contribution in [1.29, 1.82) is 0 Å². The Morgan fingerprint density at radius 1 is 1.47 bits per heavy atom. The normalized spacial score (nSPS) is 9.73. The molecule has 1 aromatic rings. The van der Waals surface area contributed by atoms with Crippen LogP contribution in [0.15, 0.2) is 24.8 Å². The third-order valence-corrected chi connectivity index (χ3v) is 1.66. The molecule has 0 spiro atoms. The SMILES string of the molecule is C=CCNc1c(F)cc([N+](=O)[O-])cc1F. The van der Waals surface area contributed by atoms with Gasteiger partial charge in [0.05, 0.1) is 17.1 Å². The van der Waals surface area contributed by atoms with Crippen LogP contribution in [0.4, 0.5) is 20.2 Å². The van der Waals surface area contributed by atoms with Gasteiger partial charge in [0.25, 0.3) is 5.69 Å². The Bertz CT molecular complexity index is 384. The van der Waals surface area contributed by atoms with Gasteiger partial charge in [-0.1, -0.05) is 6.08 Å². The van der Waals surface area contributed by atoms with Crippen LogP contribution in [0.1, 0.15) is 0 Å². The number of hydrogen-bond donors (Lipinski definition) is 1. The zero-order valence-corrected chi connectivity index (χ0v) is 7.67. The molecule has 0 amide bonds. The van der Waals surface area contributed by atoms with Crippen LogP contribution in [0, 0.1) is 21.7 Å². The van der Waals surface area contributed by atoms with Crippen molar-refractivity contribution in [3.8, 4) is 0 Å². The standard InChI is InChI=1S/C9H8F2N2O2/c1-2-3-12-9-7(10)4-6(13(14)15)5-8(9)11/h2,4-5,12H,1,3H2. The summed E-state index contributed by atoms with van der Waals surface area (Å²) in [7, 11) is 0. The lowest BCUT2D eigenvalue weighted by Crippen LogP contribution is -2.04. The van der Waals surface area contributed by atoms with Crippen molar-refractivity contribution < 1.29 is 13.7 Å². The molecule has 0 aliphatic rings. The molecule has 0 atom stereocenters. The number of hydrogen-bond acceptors (Lipinski definition) is 3. The highest BCUT2D eigenvalue weighted by Crippen LogP contribution is 2.24. The van der Waals surface area contributed by atoms with E-state index in [1.807, 2.05) is 0 Å². The monoisotopic (exact) mass is 214 g/mol. The Labute approximate surface area is 84.4 Å². The average Bonchev–Trinajstić information content (AvgIpc) is 2.16. The molecule has 15 heavy (non-hydrogen) atoms. The number of non-ortho nitro benzene ring substituents is 1. The number of benzene rings is 1. The van der Waals surface area contributed by atoms with Crippen LogP contribution in [-0.2, 0) is 0 Å². The molecule has 4 nitrogen and oxygen atoms in total. The van der Waals surface area contributed by atoms with Gasteiger partial charge in [-0.15, -0.1) is 6.58 Å². The summed E-state index contributed by atoms with van der Waals surface area (Å²) in [6.45, 7) is 3.54. The zero-order chi connectivity index (χ0) is 11.4. The van der Waals surface area contributed by atoms with Crippen molar-refractivity contribution in [2.45, 2.75) is 0 Å². The predicted octanol–water partition coefficient (Wildman–Crippen LogP) is 2.47. The van der Waals surface area contributed by atoms with Gasteiger partial charge in [0.2, 0.25) is 0 Å². The maximum atomic E-state index is 13.2. The number of rotatable bonds is 4. The maximum Gasteiger partial charge on any atom is 0.275 e. The second-order valence-corrected chi connectivity index (χ2v) is 2.71. The molecule has 0 aliphatic heterocycles. The van der Waals surface area contributed by atoms with Crippen LogP contribution < -0.4 is 5.32 Å². The van der Waals surface area contributed by atoms with Crippen molar-refractivity contribution in [3.05, 3.63) is 46.5 Å². The van der Waals surface area contributed by atoms with Gasteiger partial charge in [0.15, 0.2) is 11.6 Å². The maximum absolute atomic E-state index is 13.2. The second-order valence-electron chi connectivity index (χ2n) is 2.71. The van der Waals surface area contributed by atoms with E-state index in [4.69, 9.17) is 0 Å². The number of nitrogens with one attached hydrogen (secondary N) is 1. The highest BCUT2D eigenvalue weighted by Gasteiger charge is 2.16. The summed E-state index contributed by atoms with van der Waals surface area (Å²) in [5, 5.41) is 12.7. The molecule has 0 aromatic heterocycles. The van der Waals surface area contributed by atoms with Crippen molar-refractivity contribution in [2.24, 2.45) is 0 Å². The molecule has 1 aromatic carbocycles. The summed E-state index contributed by atoms with van der Waals surface area (Å²) >= 11 is 0. The molecule has 0 saturated heterocycles. The van der Waals surface area contributed by atoms with Gasteiger partial charge < -0.3 is 5.32 Å². The predicted molar refractivity (Wildman–Crippen MR) is 51.7 cm³/mol. The van der Waals surface area contributed by atoms with E-state index in [-0.39, 0.29) is 12.2 Å². The first kappa shape index (κ1) is 11.1. The third-order valence-electron chi connectivity index (χ3n) is 1.66. The van der Waals surface area contributed by atoms with Crippen LogP contribution in [0.3, 0.4) is 0 Å². The topological polar surface area (TPSA) is 55.2 Å². The van der Waals surface area contributed by atoms with Gasteiger partial charge in [-0.3, -0.25) is 10.1 Å². The Morgan fingerprint density at radius 3 is 2.40 bits per heavy atom. The Kier molecular flexibility index (Phi) is 3.33. The molecule has 0 heterocycles. The van der Waals surface area contributed by atoms with E-state index in [9.17, 15) is 18.9 Å². The van der Waals surface area contributed by atoms with Gasteiger partial charge in [-0.2, -0.15) is 0 Å². The number of anilines is 1. The molecule has 0 aliphatic carbocycles. The van der Waals surface area contributed by atoms with Crippen LogP contribution in [0.25, 0.3) is 0 Å². The second kappa shape index (κ2) is 4.50. The summed E-state index contributed by atoms with van der Waals surface area (Å²) in [6.07, 6.45) is 1.42. The lowest BCUT2D eigenvalue weighted by molar-refractivity contribution is -0.385. The van der Waals surface area contributed by atoms with Crippen molar-refractivity contribution in [2.75, 3.05) is 11.9 Å². The zero-order valence-electron chi connectivity index (χ0n) is 7.67. The lowest BCUT2D eigenvalue weighted by Gasteiger charge is -2.05. The largest absolute Gasteiger partial charge is 0.377 e. The highest BCUT2D eigenvalue weighted by atomic mass is 19.1. The Balaban J connectivity index is 3.09. The van der Waals surface area contributed by atoms with E-state index in [0.717, 1.165) is 0 Å². The molecular weight excluding hydrogens is 206 g/mol. The van der Waals surface area contributed by atoms with Crippen LogP contribution in [0.5, 0.6) is 0 Å². The Morgan fingerprint density at radius 2 is 2.00 bits per heavy atom. The van der Waals surface area contributed by atoms with Gasteiger partial charge >= 0.3 is 0 Å². The number of nitro groups is 1. The molecule has 1 N–H and O–H groups in total. The van der Waals surface area contributed by atoms with Gasteiger partial charge in [-0.05, 0) is 0 Å². The quantitative estimate of drug-likeness (QED) is 0.476. The molecule has 0 bridgehead atoms. The fourth-order valence-corrected chi connectivity index (χ4v) is 1.01. The van der Waals surface area contributed by atoms with Crippen LogP contribution in [0.2, 0.25) is 0 Å². The first-order chi connectivity index (χ1) is 7.06. The fraction of sp³-hybridized carbons (Fsp3) is 0.111. The minimum absolute atomic E-state index is 0.172. The fourth-order valence-electron chi connectivity index (χ4n) is 1.01. The Hall–Kier alpha value is -1.98. The van der Waals surface area contributed by atoms with E-state index >= 15 is 0 Å². The molecule has 80 valence electrons. The van der Waals surface area contributed by atoms with Gasteiger partial charge in [0, 0.05) is 6.54 Å². The minimum atomic E-state index is -0.997. The molecule has 0 radical (unpaired) electrons. The summed E-state index contributed by atoms with van der Waals surface area (Å²) in [5.41, 5.74) is -1.00. The summed E-state index contributed by atoms with van der Waals surface area (Å²) in [4.78, 5) is 9.41. The first-order valence-corrected chi connectivity index (χ1v) is 4.04. The van der Waals surface area contributed by atoms with Crippen molar-refractivity contribution in [3.63, 3.8) is 0 Å². The number of nitrogens with zero attached hydrogens (tertiary/aromatic N) is 1. The highest BCUT2D eigenvalue weighted by molar-refractivity contribution is 5.51. The minimum Gasteiger partial charge on any atom is -0.377 e. The average molecular weight is 214 g/mol. The summed E-state index contributed by atoms with van der Waals surface area (Å²) in [5.74, 6) is -1.99. The third kappa shape index (κ3) is 2.49. The molecule has 0 unspecified atom stereocenters. The molecule has 6 heteroatoms. The molecule has 0 saturated carbocycles. The molecular formula is C9H8F2N2O2. The summed E-state index contributed by atoms with van der Waals surface area (Å²) < 4.78 is 26.3. The van der Waals surface area contributed by atoms with E-state index < -0.39 is 22.2 Å². The number of nitro benzene ring substituents is 1. The van der Waals surface area contributed by atoms with E-state index in [2.05, 4.69) is 11.9 Å². The van der Waals surface area contributed by atoms with E-state index in [1.165, 1.54) is 6.08 Å². The van der Waals surface area contributed by atoms with E-state index in [1.54, 1.807) is 0 Å². The lowest BCUT2D eigenvalue weighted by atomic mass is 10.2. The van der Waals surface area contributed by atoms with Crippen molar-refractivity contribution in [1.82, 2.24) is 0 Å². The van der Waals surface area contributed by atoms with Crippen molar-refractivity contribution >= 4 is 11.4 Å². The molecule has 1 rings (SSSR count). The van der Waals surface area contributed by atoms with E-state index in [0.29, 0.717) is 12.1 Å². The van der Waals surface area contributed by atoms with Crippen LogP contribution >= 0.6 is 0 Å². The first-order valence-electron chi connectivity index (χ1n) is 4.04. The smallest absolute Gasteiger partial charge is 0.275 e. The molecule has 0 fully saturated rings. The van der Waals surface area contributed by atoms with Gasteiger partial charge in [-0.25, -0.2) is 8.78 Å². The van der Waals surface area contributed by atoms with Crippen LogP contribution in [-0.4, -0.2) is 11.5 Å². The summed E-state index contributed by atoms with van der Waals surface area (Å²) in [6, 6.07) is 1.32. The van der Waals surface area contributed by atoms with Gasteiger partial charge in [0.1, 0.15) is 5.69 Å². The number of halogens is 2.